The van der Waals surface area contributed by atoms with Crippen molar-refractivity contribution in [1.29, 1.82) is 0 Å². The number of nitrogens with two attached hydrogens (primary N) is 1. The van der Waals surface area contributed by atoms with Crippen LogP contribution in [-0.2, 0) is 0 Å². The number of likely N-dealkylation sites (N-methyl/N-ethyl adjacent to an activating group) is 1. The summed E-state index contributed by atoms with van der Waals surface area (Å²) in [6.45, 7) is 4.60. The molecule has 0 bridgehead atoms. The van der Waals surface area contributed by atoms with Crippen molar-refractivity contribution < 1.29 is 0 Å². The smallest absolute Gasteiger partial charge is 0.131 e. The van der Waals surface area contributed by atoms with E-state index in [4.69, 9.17) is 5.73 Å². The molecule has 0 radical (unpaired) electrons. The Hall–Kier alpha value is -1.40. The number of nitrogens with one attached hydrogen (secondary N) is 2. The highest BCUT2D eigenvalue weighted by atomic mass is 15.1. The zero-order valence-electron chi connectivity index (χ0n) is 11.5. The van der Waals surface area contributed by atoms with E-state index >= 15 is 0 Å². The third-order valence-corrected chi connectivity index (χ3v) is 2.53. The van der Waals surface area contributed by atoms with Gasteiger partial charge in [0.1, 0.15) is 18.0 Å². The molecule has 1 aromatic rings. The molecule has 18 heavy (non-hydrogen) atoms. The van der Waals surface area contributed by atoms with Crippen LogP contribution in [0.5, 0.6) is 0 Å². The summed E-state index contributed by atoms with van der Waals surface area (Å²) < 4.78 is 0. The molecule has 0 aliphatic rings. The highest BCUT2D eigenvalue weighted by Crippen LogP contribution is 2.10. The second-order valence-electron chi connectivity index (χ2n) is 4.64. The molecule has 6 heteroatoms. The van der Waals surface area contributed by atoms with Crippen LogP contribution < -0.4 is 16.4 Å². The van der Waals surface area contributed by atoms with Gasteiger partial charge in [-0.05, 0) is 34.0 Å². The Morgan fingerprint density at radius 2 is 2.06 bits per heavy atom. The molecule has 1 heterocycles. The minimum Gasteiger partial charge on any atom is -0.369 e. The summed E-state index contributed by atoms with van der Waals surface area (Å²) in [6, 6.07) is 2.24. The molecule has 4 N–H and O–H groups in total. The SMILES string of the molecule is CC(CCN)Nc1cc(NCCN(C)C)ncn1. The maximum Gasteiger partial charge on any atom is 0.131 e. The van der Waals surface area contributed by atoms with E-state index < -0.39 is 0 Å². The van der Waals surface area contributed by atoms with Crippen molar-refractivity contribution in [3.8, 4) is 0 Å². The lowest BCUT2D eigenvalue weighted by atomic mass is 10.2. The van der Waals surface area contributed by atoms with Gasteiger partial charge in [0.05, 0.1) is 0 Å². The molecule has 1 atom stereocenters. The van der Waals surface area contributed by atoms with Gasteiger partial charge in [-0.15, -0.1) is 0 Å². The van der Waals surface area contributed by atoms with Crippen LogP contribution in [0.3, 0.4) is 0 Å². The maximum atomic E-state index is 5.52. The van der Waals surface area contributed by atoms with Crippen LogP contribution in [0, 0.1) is 0 Å². The summed E-state index contributed by atoms with van der Waals surface area (Å²) in [5.41, 5.74) is 5.52. The van der Waals surface area contributed by atoms with Crippen molar-refractivity contribution in [3.05, 3.63) is 12.4 Å². The lowest BCUT2D eigenvalue weighted by Crippen LogP contribution is -2.22. The van der Waals surface area contributed by atoms with E-state index in [-0.39, 0.29) is 0 Å². The second-order valence-corrected chi connectivity index (χ2v) is 4.64. The zero-order chi connectivity index (χ0) is 13.4. The van der Waals surface area contributed by atoms with E-state index in [9.17, 15) is 0 Å². The lowest BCUT2D eigenvalue weighted by molar-refractivity contribution is 0.425. The third-order valence-electron chi connectivity index (χ3n) is 2.53. The molecule has 0 saturated carbocycles. The largest absolute Gasteiger partial charge is 0.369 e. The summed E-state index contributed by atoms with van der Waals surface area (Å²) in [6.07, 6.45) is 2.49. The van der Waals surface area contributed by atoms with Gasteiger partial charge in [-0.2, -0.15) is 0 Å². The first-order valence-corrected chi connectivity index (χ1v) is 6.29. The van der Waals surface area contributed by atoms with Crippen LogP contribution in [0.2, 0.25) is 0 Å². The number of aromatic nitrogens is 2. The molecule has 0 aliphatic carbocycles. The summed E-state index contributed by atoms with van der Waals surface area (Å²) in [5, 5.41) is 6.56. The Labute approximate surface area is 109 Å². The molecule has 102 valence electrons. The van der Waals surface area contributed by atoms with Crippen molar-refractivity contribution in [3.63, 3.8) is 0 Å². The zero-order valence-corrected chi connectivity index (χ0v) is 11.5. The van der Waals surface area contributed by atoms with Crippen LogP contribution in [0.1, 0.15) is 13.3 Å². The molecule has 0 saturated heterocycles. The second kappa shape index (κ2) is 7.84. The Morgan fingerprint density at radius 1 is 1.33 bits per heavy atom. The number of hydrogen-bond donors (Lipinski definition) is 3. The first-order chi connectivity index (χ1) is 8.61. The van der Waals surface area contributed by atoms with Gasteiger partial charge >= 0.3 is 0 Å². The minimum atomic E-state index is 0.319. The van der Waals surface area contributed by atoms with Gasteiger partial charge in [0.15, 0.2) is 0 Å². The maximum absolute atomic E-state index is 5.52. The van der Waals surface area contributed by atoms with Crippen LogP contribution in [0.25, 0.3) is 0 Å². The van der Waals surface area contributed by atoms with E-state index in [1.807, 2.05) is 20.2 Å². The Kier molecular flexibility index (Phi) is 6.38. The fourth-order valence-corrected chi connectivity index (χ4v) is 1.52. The van der Waals surface area contributed by atoms with E-state index in [1.165, 1.54) is 0 Å². The molecule has 0 amide bonds. The van der Waals surface area contributed by atoms with Gasteiger partial charge in [0, 0.05) is 25.2 Å². The average Bonchev–Trinajstić information content (AvgIpc) is 2.29. The molecular formula is C12H24N6. The van der Waals surface area contributed by atoms with Crippen molar-refractivity contribution >= 4 is 11.6 Å². The lowest BCUT2D eigenvalue weighted by Gasteiger charge is -2.14. The van der Waals surface area contributed by atoms with Gasteiger partial charge in [0.2, 0.25) is 0 Å². The molecule has 0 aromatic carbocycles. The summed E-state index contributed by atoms with van der Waals surface area (Å²) in [5.74, 6) is 1.67. The van der Waals surface area contributed by atoms with Crippen molar-refractivity contribution in [2.45, 2.75) is 19.4 Å². The molecule has 0 spiro atoms. The monoisotopic (exact) mass is 252 g/mol. The van der Waals surface area contributed by atoms with E-state index in [0.717, 1.165) is 31.1 Å². The minimum absolute atomic E-state index is 0.319. The molecular weight excluding hydrogens is 228 g/mol. The predicted molar refractivity (Wildman–Crippen MR) is 75.8 cm³/mol. The molecule has 1 aromatic heterocycles. The van der Waals surface area contributed by atoms with E-state index in [2.05, 4.69) is 32.4 Å². The van der Waals surface area contributed by atoms with Crippen molar-refractivity contribution in [2.24, 2.45) is 5.73 Å². The van der Waals surface area contributed by atoms with Crippen LogP contribution in [-0.4, -0.2) is 54.6 Å². The number of rotatable bonds is 8. The summed E-state index contributed by atoms with van der Waals surface area (Å²) in [7, 11) is 4.09. The Bertz CT molecular complexity index is 341. The van der Waals surface area contributed by atoms with Gasteiger partial charge in [-0.1, -0.05) is 0 Å². The number of nitrogens with zero attached hydrogens (tertiary/aromatic N) is 3. The highest BCUT2D eigenvalue weighted by Gasteiger charge is 2.03. The summed E-state index contributed by atoms with van der Waals surface area (Å²) in [4.78, 5) is 10.5. The molecule has 1 rings (SSSR count). The highest BCUT2D eigenvalue weighted by molar-refractivity contribution is 5.46. The van der Waals surface area contributed by atoms with Crippen molar-refractivity contribution in [1.82, 2.24) is 14.9 Å². The van der Waals surface area contributed by atoms with E-state index in [1.54, 1.807) is 6.33 Å². The standard InChI is InChI=1S/C12H24N6/c1-10(4-5-13)17-12-8-11(15-9-16-12)14-6-7-18(2)3/h8-10H,4-7,13H2,1-3H3,(H2,14,15,16,17). The van der Waals surface area contributed by atoms with Crippen LogP contribution in [0.15, 0.2) is 12.4 Å². The van der Waals surface area contributed by atoms with Crippen LogP contribution in [0.4, 0.5) is 11.6 Å². The fourth-order valence-electron chi connectivity index (χ4n) is 1.52. The quantitative estimate of drug-likeness (QED) is 0.629. The fraction of sp³-hybridized carbons (Fsp3) is 0.667. The van der Waals surface area contributed by atoms with Gasteiger partial charge < -0.3 is 21.3 Å². The first-order valence-electron chi connectivity index (χ1n) is 6.29. The normalized spacial score (nSPS) is 12.5. The van der Waals surface area contributed by atoms with Gasteiger partial charge in [-0.25, -0.2) is 9.97 Å². The van der Waals surface area contributed by atoms with Crippen molar-refractivity contribution in [2.75, 3.05) is 44.4 Å². The van der Waals surface area contributed by atoms with Crippen LogP contribution >= 0.6 is 0 Å². The van der Waals surface area contributed by atoms with Gasteiger partial charge in [0.25, 0.3) is 0 Å². The topological polar surface area (TPSA) is 79.1 Å². The predicted octanol–water partition coefficient (Wildman–Crippen LogP) is 0.599. The molecule has 0 fully saturated rings. The molecule has 1 unspecified atom stereocenters. The number of anilines is 2. The van der Waals surface area contributed by atoms with E-state index in [0.29, 0.717) is 12.6 Å². The summed E-state index contributed by atoms with van der Waals surface area (Å²) >= 11 is 0. The van der Waals surface area contributed by atoms with Gasteiger partial charge in [-0.3, -0.25) is 0 Å². The molecule has 6 nitrogen and oxygen atoms in total. The Morgan fingerprint density at radius 3 is 2.72 bits per heavy atom. The third kappa shape index (κ3) is 5.79. The first kappa shape index (κ1) is 14.7. The molecule has 0 aliphatic heterocycles. The average molecular weight is 252 g/mol. The Balaban J connectivity index is 2.46. The number of hydrogen-bond acceptors (Lipinski definition) is 6.